The summed E-state index contributed by atoms with van der Waals surface area (Å²) in [4.78, 5) is 0.430. The standard InChI is InChI=1S/C16H24BrNO2S/c1-12(2)14-5-4-9-18(10-8-14)21(19,20)16-11-15(17)7-6-13(16)3/h6-7,11-12,14H,4-5,8-10H2,1-3H3. The Labute approximate surface area is 136 Å². The van der Waals surface area contributed by atoms with Crippen molar-refractivity contribution < 1.29 is 8.42 Å². The molecule has 0 bridgehead atoms. The zero-order chi connectivity index (χ0) is 15.6. The molecule has 1 atom stereocenters. The molecule has 0 aliphatic carbocycles. The van der Waals surface area contributed by atoms with Crippen LogP contribution in [0, 0.1) is 18.8 Å². The molecule has 0 saturated carbocycles. The Balaban J connectivity index is 2.25. The maximum absolute atomic E-state index is 12.9. The highest BCUT2D eigenvalue weighted by Gasteiger charge is 2.29. The lowest BCUT2D eigenvalue weighted by atomic mass is 9.89. The van der Waals surface area contributed by atoms with Crippen LogP contribution in [0.2, 0.25) is 0 Å². The molecule has 0 aromatic heterocycles. The molecule has 21 heavy (non-hydrogen) atoms. The van der Waals surface area contributed by atoms with E-state index in [1.807, 2.05) is 19.1 Å². The summed E-state index contributed by atoms with van der Waals surface area (Å²) >= 11 is 3.37. The molecule has 0 amide bonds. The maximum atomic E-state index is 12.9. The van der Waals surface area contributed by atoms with Gasteiger partial charge in [0, 0.05) is 17.6 Å². The van der Waals surface area contributed by atoms with E-state index in [4.69, 9.17) is 0 Å². The van der Waals surface area contributed by atoms with Crippen LogP contribution >= 0.6 is 15.9 Å². The number of hydrogen-bond donors (Lipinski definition) is 0. The van der Waals surface area contributed by atoms with E-state index in [0.29, 0.717) is 29.8 Å². The third kappa shape index (κ3) is 3.88. The molecule has 118 valence electrons. The van der Waals surface area contributed by atoms with Gasteiger partial charge >= 0.3 is 0 Å². The van der Waals surface area contributed by atoms with Gasteiger partial charge in [0.1, 0.15) is 0 Å². The van der Waals surface area contributed by atoms with Gasteiger partial charge in [0.05, 0.1) is 4.90 Å². The summed E-state index contributed by atoms with van der Waals surface area (Å²) in [6.45, 7) is 7.59. The molecule has 5 heteroatoms. The molecule has 3 nitrogen and oxygen atoms in total. The number of nitrogens with zero attached hydrogens (tertiary/aromatic N) is 1. The Kier molecular flexibility index (Phi) is 5.49. The summed E-state index contributed by atoms with van der Waals surface area (Å²) in [6.07, 6.45) is 3.04. The lowest BCUT2D eigenvalue weighted by molar-refractivity contribution is 0.340. The van der Waals surface area contributed by atoms with Crippen molar-refractivity contribution in [2.75, 3.05) is 13.1 Å². The molecule has 0 radical (unpaired) electrons. The van der Waals surface area contributed by atoms with E-state index in [9.17, 15) is 8.42 Å². The van der Waals surface area contributed by atoms with Crippen LogP contribution < -0.4 is 0 Å². The third-order valence-corrected chi connectivity index (χ3v) is 6.98. The molecule has 1 aromatic carbocycles. The van der Waals surface area contributed by atoms with Gasteiger partial charge in [-0.25, -0.2) is 8.42 Å². The molecular weight excluding hydrogens is 350 g/mol. The molecule has 1 heterocycles. The minimum absolute atomic E-state index is 0.430. The maximum Gasteiger partial charge on any atom is 0.243 e. The predicted molar refractivity (Wildman–Crippen MR) is 89.8 cm³/mol. The van der Waals surface area contributed by atoms with Gasteiger partial charge < -0.3 is 0 Å². The first-order chi connectivity index (χ1) is 9.82. The van der Waals surface area contributed by atoms with E-state index >= 15 is 0 Å². The molecule has 1 unspecified atom stereocenters. The number of sulfonamides is 1. The van der Waals surface area contributed by atoms with Gasteiger partial charge in [-0.05, 0) is 55.7 Å². The van der Waals surface area contributed by atoms with Crippen molar-refractivity contribution in [2.24, 2.45) is 11.8 Å². The predicted octanol–water partition coefficient (Wildman–Crippen LogP) is 4.20. The second kappa shape index (κ2) is 6.80. The SMILES string of the molecule is Cc1ccc(Br)cc1S(=O)(=O)N1CCCC(C(C)C)CC1. The Morgan fingerprint density at radius 2 is 1.95 bits per heavy atom. The van der Waals surface area contributed by atoms with Crippen LogP contribution in [0.3, 0.4) is 0 Å². The Bertz CT molecular complexity index is 598. The smallest absolute Gasteiger partial charge is 0.207 e. The quantitative estimate of drug-likeness (QED) is 0.795. The number of benzene rings is 1. The van der Waals surface area contributed by atoms with E-state index in [1.54, 1.807) is 10.4 Å². The molecule has 1 saturated heterocycles. The van der Waals surface area contributed by atoms with Gasteiger partial charge in [-0.15, -0.1) is 0 Å². The van der Waals surface area contributed by atoms with Crippen LogP contribution in [0.25, 0.3) is 0 Å². The summed E-state index contributed by atoms with van der Waals surface area (Å²) in [7, 11) is -3.38. The van der Waals surface area contributed by atoms with Crippen LogP contribution in [-0.2, 0) is 10.0 Å². The van der Waals surface area contributed by atoms with Gasteiger partial charge in [-0.3, -0.25) is 0 Å². The highest BCUT2D eigenvalue weighted by atomic mass is 79.9. The monoisotopic (exact) mass is 373 g/mol. The van der Waals surface area contributed by atoms with E-state index in [0.717, 1.165) is 29.3 Å². The van der Waals surface area contributed by atoms with Crippen LogP contribution in [0.1, 0.15) is 38.7 Å². The van der Waals surface area contributed by atoms with E-state index in [2.05, 4.69) is 29.8 Å². The van der Waals surface area contributed by atoms with Gasteiger partial charge in [-0.2, -0.15) is 4.31 Å². The lowest BCUT2D eigenvalue weighted by Crippen LogP contribution is -2.32. The van der Waals surface area contributed by atoms with Crippen molar-refractivity contribution in [3.63, 3.8) is 0 Å². The van der Waals surface area contributed by atoms with Crippen molar-refractivity contribution in [1.29, 1.82) is 0 Å². The second-order valence-corrected chi connectivity index (χ2v) is 9.07. The van der Waals surface area contributed by atoms with Crippen molar-refractivity contribution in [2.45, 2.75) is 44.9 Å². The fraction of sp³-hybridized carbons (Fsp3) is 0.625. The highest BCUT2D eigenvalue weighted by Crippen LogP contribution is 2.29. The van der Waals surface area contributed by atoms with Crippen LogP contribution in [-0.4, -0.2) is 25.8 Å². The van der Waals surface area contributed by atoms with Crippen molar-refractivity contribution in [3.8, 4) is 0 Å². The second-order valence-electron chi connectivity index (χ2n) is 6.25. The number of rotatable bonds is 3. The normalized spacial score (nSPS) is 21.5. The first kappa shape index (κ1) is 17.0. The molecule has 1 aliphatic rings. The highest BCUT2D eigenvalue weighted by molar-refractivity contribution is 9.10. The molecular formula is C16H24BrNO2S. The summed E-state index contributed by atoms with van der Waals surface area (Å²) in [5.74, 6) is 1.26. The first-order valence-corrected chi connectivity index (χ1v) is 9.82. The molecule has 1 aliphatic heterocycles. The molecule has 1 aromatic rings. The minimum Gasteiger partial charge on any atom is -0.207 e. The number of hydrogen-bond acceptors (Lipinski definition) is 2. The minimum atomic E-state index is -3.38. The summed E-state index contributed by atoms with van der Waals surface area (Å²) in [5.41, 5.74) is 0.808. The summed E-state index contributed by atoms with van der Waals surface area (Å²) < 4.78 is 28.3. The van der Waals surface area contributed by atoms with E-state index < -0.39 is 10.0 Å². The van der Waals surface area contributed by atoms with Crippen molar-refractivity contribution in [3.05, 3.63) is 28.2 Å². The fourth-order valence-electron chi connectivity index (χ4n) is 2.99. The largest absolute Gasteiger partial charge is 0.243 e. The van der Waals surface area contributed by atoms with Gasteiger partial charge in [-0.1, -0.05) is 35.8 Å². The molecule has 0 N–H and O–H groups in total. The lowest BCUT2D eigenvalue weighted by Gasteiger charge is -2.22. The van der Waals surface area contributed by atoms with Gasteiger partial charge in [0.2, 0.25) is 10.0 Å². The summed E-state index contributed by atoms with van der Waals surface area (Å²) in [5, 5.41) is 0. The van der Waals surface area contributed by atoms with Crippen LogP contribution in [0.15, 0.2) is 27.6 Å². The van der Waals surface area contributed by atoms with Crippen molar-refractivity contribution in [1.82, 2.24) is 4.31 Å². The number of aryl methyl sites for hydroxylation is 1. The fourth-order valence-corrected chi connectivity index (χ4v) is 5.25. The first-order valence-electron chi connectivity index (χ1n) is 7.58. The van der Waals surface area contributed by atoms with E-state index in [1.165, 1.54) is 0 Å². The average molecular weight is 374 g/mol. The third-order valence-electron chi connectivity index (χ3n) is 4.44. The Morgan fingerprint density at radius 1 is 1.24 bits per heavy atom. The van der Waals surface area contributed by atoms with Crippen molar-refractivity contribution >= 4 is 26.0 Å². The average Bonchev–Trinajstić information content (AvgIpc) is 2.67. The Morgan fingerprint density at radius 3 is 2.62 bits per heavy atom. The Hall–Kier alpha value is -0.390. The molecule has 1 fully saturated rings. The van der Waals surface area contributed by atoms with Gasteiger partial charge in [0.25, 0.3) is 0 Å². The number of halogens is 1. The molecule has 0 spiro atoms. The zero-order valence-electron chi connectivity index (χ0n) is 13.0. The van der Waals surface area contributed by atoms with Gasteiger partial charge in [0.15, 0.2) is 0 Å². The van der Waals surface area contributed by atoms with E-state index in [-0.39, 0.29) is 0 Å². The zero-order valence-corrected chi connectivity index (χ0v) is 15.4. The summed E-state index contributed by atoms with van der Waals surface area (Å²) in [6, 6.07) is 5.45. The topological polar surface area (TPSA) is 37.4 Å². The van der Waals surface area contributed by atoms with Crippen LogP contribution in [0.5, 0.6) is 0 Å². The molecule has 2 rings (SSSR count). The van der Waals surface area contributed by atoms with Crippen LogP contribution in [0.4, 0.5) is 0 Å².